The van der Waals surface area contributed by atoms with Gasteiger partial charge in [-0.25, -0.2) is 0 Å². The number of benzene rings is 1. The summed E-state index contributed by atoms with van der Waals surface area (Å²) in [6.07, 6.45) is 2.70. The molecule has 0 fully saturated rings. The monoisotopic (exact) mass is 378 g/mol. The Kier molecular flexibility index (Phi) is 6.51. The topological polar surface area (TPSA) is 97.1 Å². The summed E-state index contributed by atoms with van der Waals surface area (Å²) in [6, 6.07) is 16.0. The van der Waals surface area contributed by atoms with Crippen molar-refractivity contribution < 1.29 is 14.1 Å². The molecular formula is C21H22N4O3. The van der Waals surface area contributed by atoms with E-state index in [9.17, 15) is 9.59 Å². The quantitative estimate of drug-likeness (QED) is 0.625. The van der Waals surface area contributed by atoms with Crippen molar-refractivity contribution in [1.29, 1.82) is 0 Å². The van der Waals surface area contributed by atoms with Gasteiger partial charge in [0, 0.05) is 37.3 Å². The van der Waals surface area contributed by atoms with Gasteiger partial charge in [-0.1, -0.05) is 41.6 Å². The predicted molar refractivity (Wildman–Crippen MR) is 104 cm³/mol. The van der Waals surface area contributed by atoms with Crippen molar-refractivity contribution in [3.05, 3.63) is 83.5 Å². The number of amides is 2. The normalized spacial score (nSPS) is 11.6. The Morgan fingerprint density at radius 2 is 1.89 bits per heavy atom. The molecule has 3 aromatic rings. The van der Waals surface area contributed by atoms with E-state index < -0.39 is 11.9 Å². The maximum absolute atomic E-state index is 12.7. The Balaban J connectivity index is 1.64. The Labute approximate surface area is 163 Å². The minimum atomic E-state index is -0.726. The second-order valence-corrected chi connectivity index (χ2v) is 6.40. The van der Waals surface area contributed by atoms with Crippen molar-refractivity contribution in [3.8, 4) is 0 Å². The minimum absolute atomic E-state index is 0.150. The van der Waals surface area contributed by atoms with Crippen molar-refractivity contribution in [2.75, 3.05) is 6.54 Å². The molecule has 0 spiro atoms. The molecule has 2 N–H and O–H groups in total. The number of aryl methyl sites for hydroxylation is 1. The maximum atomic E-state index is 12.7. The highest BCUT2D eigenvalue weighted by atomic mass is 16.5. The Hall–Kier alpha value is -3.48. The average molecular weight is 378 g/mol. The summed E-state index contributed by atoms with van der Waals surface area (Å²) in [5.41, 5.74) is 1.99. The molecular weight excluding hydrogens is 356 g/mol. The molecule has 28 heavy (non-hydrogen) atoms. The molecule has 1 unspecified atom stereocenters. The smallest absolute Gasteiger partial charge is 0.274 e. The van der Waals surface area contributed by atoms with Gasteiger partial charge in [-0.05, 0) is 24.6 Å². The van der Waals surface area contributed by atoms with E-state index in [0.717, 1.165) is 11.3 Å². The predicted octanol–water partition coefficient (Wildman–Crippen LogP) is 2.08. The second-order valence-electron chi connectivity index (χ2n) is 6.40. The van der Waals surface area contributed by atoms with Crippen LogP contribution in [0.25, 0.3) is 0 Å². The van der Waals surface area contributed by atoms with Crippen molar-refractivity contribution >= 4 is 11.8 Å². The van der Waals surface area contributed by atoms with Crippen LogP contribution >= 0.6 is 0 Å². The summed E-state index contributed by atoms with van der Waals surface area (Å²) in [6.45, 7) is 2.13. The fourth-order valence-corrected chi connectivity index (χ4v) is 2.75. The van der Waals surface area contributed by atoms with Gasteiger partial charge in [0.15, 0.2) is 5.69 Å². The lowest BCUT2D eigenvalue weighted by atomic mass is 10.0. The van der Waals surface area contributed by atoms with Crippen LogP contribution in [-0.2, 0) is 17.6 Å². The number of nitrogens with one attached hydrogen (secondary N) is 2. The Morgan fingerprint density at radius 3 is 2.57 bits per heavy atom. The summed E-state index contributed by atoms with van der Waals surface area (Å²) < 4.78 is 4.94. The summed E-state index contributed by atoms with van der Waals surface area (Å²) in [5, 5.41) is 9.34. The first-order chi connectivity index (χ1) is 13.6. The van der Waals surface area contributed by atoms with Crippen molar-refractivity contribution in [2.45, 2.75) is 25.8 Å². The van der Waals surface area contributed by atoms with E-state index in [1.807, 2.05) is 48.5 Å². The third kappa shape index (κ3) is 5.51. The van der Waals surface area contributed by atoms with Crippen LogP contribution in [0.5, 0.6) is 0 Å². The molecule has 1 atom stereocenters. The number of carbonyl (C=O) groups is 2. The second kappa shape index (κ2) is 9.45. The lowest BCUT2D eigenvalue weighted by Gasteiger charge is -2.18. The molecule has 7 heteroatoms. The van der Waals surface area contributed by atoms with Gasteiger partial charge >= 0.3 is 0 Å². The number of carbonyl (C=O) groups excluding carboxylic acids is 2. The lowest BCUT2D eigenvalue weighted by Crippen LogP contribution is -2.48. The molecule has 0 bridgehead atoms. The molecule has 1 aromatic carbocycles. The van der Waals surface area contributed by atoms with Gasteiger partial charge in [0.05, 0.1) is 0 Å². The van der Waals surface area contributed by atoms with Gasteiger partial charge in [-0.2, -0.15) is 0 Å². The fourth-order valence-electron chi connectivity index (χ4n) is 2.75. The van der Waals surface area contributed by atoms with E-state index in [4.69, 9.17) is 4.52 Å². The molecule has 3 rings (SSSR count). The number of aromatic nitrogens is 2. The number of hydrogen-bond acceptors (Lipinski definition) is 5. The van der Waals surface area contributed by atoms with Crippen molar-refractivity contribution in [2.24, 2.45) is 0 Å². The third-order valence-electron chi connectivity index (χ3n) is 4.17. The molecule has 2 amide bonds. The highest BCUT2D eigenvalue weighted by Gasteiger charge is 2.23. The molecule has 0 saturated heterocycles. The third-order valence-corrected chi connectivity index (χ3v) is 4.17. The van der Waals surface area contributed by atoms with E-state index >= 15 is 0 Å². The number of rotatable bonds is 8. The lowest BCUT2D eigenvalue weighted by molar-refractivity contribution is -0.122. The maximum Gasteiger partial charge on any atom is 0.274 e. The van der Waals surface area contributed by atoms with Crippen LogP contribution in [0.4, 0.5) is 0 Å². The van der Waals surface area contributed by atoms with E-state index in [1.54, 1.807) is 13.1 Å². The molecule has 0 aliphatic heterocycles. The fraction of sp³-hybridized carbons (Fsp3) is 0.238. The van der Waals surface area contributed by atoms with Gasteiger partial charge in [-0.3, -0.25) is 14.6 Å². The van der Waals surface area contributed by atoms with E-state index in [2.05, 4.69) is 20.8 Å². The van der Waals surface area contributed by atoms with Crippen LogP contribution in [0.3, 0.4) is 0 Å². The van der Waals surface area contributed by atoms with E-state index in [1.165, 1.54) is 6.07 Å². The number of nitrogens with zero attached hydrogens (tertiary/aromatic N) is 2. The Morgan fingerprint density at radius 1 is 1.11 bits per heavy atom. The zero-order valence-electron chi connectivity index (χ0n) is 15.6. The van der Waals surface area contributed by atoms with E-state index in [0.29, 0.717) is 25.1 Å². The van der Waals surface area contributed by atoms with Crippen LogP contribution in [0.15, 0.2) is 65.3 Å². The number of pyridine rings is 1. The standard InChI is InChI=1S/C21H22N4O3/c1-15-13-19(25-28-15)21(27)24-18(14-16-7-3-2-4-8-16)20(26)23-12-10-17-9-5-6-11-22-17/h2-9,11,13,18H,10,12,14H2,1H3,(H,23,26)(H,24,27). The number of hydrogen-bond donors (Lipinski definition) is 2. The van der Waals surface area contributed by atoms with Crippen molar-refractivity contribution in [3.63, 3.8) is 0 Å². The molecule has 2 aromatic heterocycles. The van der Waals surface area contributed by atoms with Crippen LogP contribution in [0, 0.1) is 6.92 Å². The first-order valence-electron chi connectivity index (χ1n) is 9.07. The highest BCUT2D eigenvalue weighted by Crippen LogP contribution is 2.06. The Bertz CT molecular complexity index is 910. The van der Waals surface area contributed by atoms with Crippen LogP contribution in [0.2, 0.25) is 0 Å². The van der Waals surface area contributed by atoms with Crippen LogP contribution in [0.1, 0.15) is 27.5 Å². The molecule has 0 aliphatic carbocycles. The SMILES string of the molecule is Cc1cc(C(=O)NC(Cc2ccccc2)C(=O)NCCc2ccccn2)no1. The minimum Gasteiger partial charge on any atom is -0.361 e. The molecule has 0 saturated carbocycles. The van der Waals surface area contributed by atoms with Gasteiger partial charge in [0.2, 0.25) is 5.91 Å². The van der Waals surface area contributed by atoms with Crippen LogP contribution in [-0.4, -0.2) is 34.5 Å². The summed E-state index contributed by atoms with van der Waals surface area (Å²) in [4.78, 5) is 29.4. The molecule has 0 radical (unpaired) electrons. The highest BCUT2D eigenvalue weighted by molar-refractivity contribution is 5.96. The van der Waals surface area contributed by atoms with Gasteiger partial charge in [0.25, 0.3) is 5.91 Å². The van der Waals surface area contributed by atoms with Gasteiger partial charge in [-0.15, -0.1) is 0 Å². The molecule has 0 aliphatic rings. The van der Waals surface area contributed by atoms with E-state index in [-0.39, 0.29) is 11.6 Å². The zero-order chi connectivity index (χ0) is 19.8. The van der Waals surface area contributed by atoms with Gasteiger partial charge < -0.3 is 15.2 Å². The van der Waals surface area contributed by atoms with Crippen molar-refractivity contribution in [1.82, 2.24) is 20.8 Å². The van der Waals surface area contributed by atoms with Crippen LogP contribution < -0.4 is 10.6 Å². The first kappa shape index (κ1) is 19.3. The largest absolute Gasteiger partial charge is 0.361 e. The average Bonchev–Trinajstić information content (AvgIpc) is 3.15. The summed E-state index contributed by atoms with van der Waals surface area (Å²) >= 11 is 0. The molecule has 2 heterocycles. The zero-order valence-corrected chi connectivity index (χ0v) is 15.6. The molecule has 7 nitrogen and oxygen atoms in total. The summed E-state index contributed by atoms with van der Waals surface area (Å²) in [7, 11) is 0. The summed E-state index contributed by atoms with van der Waals surface area (Å²) in [5.74, 6) is -0.171. The molecule has 144 valence electrons. The van der Waals surface area contributed by atoms with Gasteiger partial charge in [0.1, 0.15) is 11.8 Å². The first-order valence-corrected chi connectivity index (χ1v) is 9.07.